The Bertz CT molecular complexity index is 787. The van der Waals surface area contributed by atoms with E-state index >= 15 is 0 Å². The van der Waals surface area contributed by atoms with Crippen LogP contribution in [0.1, 0.15) is 35.8 Å². The van der Waals surface area contributed by atoms with Gasteiger partial charge < -0.3 is 10.1 Å². The number of amides is 1. The summed E-state index contributed by atoms with van der Waals surface area (Å²) in [4.78, 5) is 28.4. The summed E-state index contributed by atoms with van der Waals surface area (Å²) in [7, 11) is 0. The molecular weight excluding hydrogens is 299 g/mol. The van der Waals surface area contributed by atoms with E-state index in [-0.39, 0.29) is 23.3 Å². The molecule has 2 aromatic rings. The minimum absolute atomic E-state index is 0.211. The molecule has 1 aliphatic rings. The smallest absolute Gasteiger partial charge is 0.340 e. The molecule has 0 bridgehead atoms. The van der Waals surface area contributed by atoms with E-state index in [0.717, 1.165) is 12.8 Å². The lowest BCUT2D eigenvalue weighted by molar-refractivity contribution is -0.129. The molecule has 3 rings (SSSR count). The number of nitrogens with one attached hydrogen (secondary N) is 1. The summed E-state index contributed by atoms with van der Waals surface area (Å²) in [5.74, 6) is -1.29. The first-order chi connectivity index (χ1) is 10.9. The van der Waals surface area contributed by atoms with Crippen LogP contribution in [0.2, 0.25) is 0 Å². The van der Waals surface area contributed by atoms with Gasteiger partial charge in [0.15, 0.2) is 6.10 Å². The predicted molar refractivity (Wildman–Crippen MR) is 82.5 cm³/mol. The second-order valence-electron chi connectivity index (χ2n) is 5.79. The van der Waals surface area contributed by atoms with Gasteiger partial charge in [-0.05, 0) is 44.9 Å². The maximum Gasteiger partial charge on any atom is 0.340 e. The van der Waals surface area contributed by atoms with Crippen LogP contribution < -0.4 is 5.32 Å². The number of pyridine rings is 1. The molecule has 1 aromatic carbocycles. The molecule has 1 atom stereocenters. The fourth-order valence-corrected chi connectivity index (χ4v) is 2.27. The van der Waals surface area contributed by atoms with Gasteiger partial charge in [0.05, 0.1) is 16.8 Å². The van der Waals surface area contributed by atoms with Crippen molar-refractivity contribution < 1.29 is 18.7 Å². The molecule has 1 heterocycles. The number of benzene rings is 1. The summed E-state index contributed by atoms with van der Waals surface area (Å²) >= 11 is 0. The maximum absolute atomic E-state index is 13.2. The van der Waals surface area contributed by atoms with Gasteiger partial charge in [0.2, 0.25) is 0 Å². The lowest BCUT2D eigenvalue weighted by Gasteiger charge is -2.14. The largest absolute Gasteiger partial charge is 0.449 e. The van der Waals surface area contributed by atoms with Crippen LogP contribution in [-0.4, -0.2) is 29.0 Å². The van der Waals surface area contributed by atoms with E-state index in [2.05, 4.69) is 10.3 Å². The second kappa shape index (κ2) is 5.95. The summed E-state index contributed by atoms with van der Waals surface area (Å²) in [6, 6.07) is 5.98. The minimum Gasteiger partial charge on any atom is -0.449 e. The Morgan fingerprint density at radius 3 is 2.78 bits per heavy atom. The van der Waals surface area contributed by atoms with Crippen molar-refractivity contribution in [1.29, 1.82) is 0 Å². The number of hydrogen-bond donors (Lipinski definition) is 1. The quantitative estimate of drug-likeness (QED) is 0.880. The number of carbonyl (C=O) groups is 2. The Morgan fingerprint density at radius 2 is 2.09 bits per heavy atom. The molecule has 1 fully saturated rings. The van der Waals surface area contributed by atoms with Crippen molar-refractivity contribution in [3.05, 3.63) is 41.3 Å². The van der Waals surface area contributed by atoms with Gasteiger partial charge in [-0.2, -0.15) is 0 Å². The van der Waals surface area contributed by atoms with Crippen LogP contribution in [0.4, 0.5) is 4.39 Å². The van der Waals surface area contributed by atoms with E-state index in [1.807, 2.05) is 0 Å². The molecule has 0 unspecified atom stereocenters. The molecule has 0 spiro atoms. The molecule has 1 aromatic heterocycles. The number of carbonyl (C=O) groups excluding carboxylic acids is 2. The second-order valence-corrected chi connectivity index (χ2v) is 5.79. The number of ether oxygens (including phenoxy) is 1. The van der Waals surface area contributed by atoms with Crippen LogP contribution in [0, 0.1) is 12.7 Å². The van der Waals surface area contributed by atoms with Crippen LogP contribution >= 0.6 is 0 Å². The summed E-state index contributed by atoms with van der Waals surface area (Å²) in [6.45, 7) is 3.19. The van der Waals surface area contributed by atoms with Crippen LogP contribution in [-0.2, 0) is 9.53 Å². The molecule has 1 saturated carbocycles. The average molecular weight is 316 g/mol. The van der Waals surface area contributed by atoms with E-state index in [1.165, 1.54) is 19.1 Å². The predicted octanol–water partition coefficient (Wildman–Crippen LogP) is 2.51. The SMILES string of the molecule is Cc1nc2cc(F)ccc2cc1C(=O)O[C@H](C)C(=O)NC1CC1. The average Bonchev–Trinajstić information content (AvgIpc) is 3.30. The van der Waals surface area contributed by atoms with Crippen LogP contribution in [0.15, 0.2) is 24.3 Å². The zero-order valence-electron chi connectivity index (χ0n) is 12.9. The summed E-state index contributed by atoms with van der Waals surface area (Å²) < 4.78 is 18.4. The van der Waals surface area contributed by atoms with Crippen molar-refractivity contribution in [3.8, 4) is 0 Å². The minimum atomic E-state index is -0.869. The molecule has 1 N–H and O–H groups in total. The van der Waals surface area contributed by atoms with Gasteiger partial charge in [0.1, 0.15) is 5.82 Å². The van der Waals surface area contributed by atoms with Crippen molar-refractivity contribution in [2.45, 2.75) is 38.8 Å². The molecule has 1 amide bonds. The van der Waals surface area contributed by atoms with Gasteiger partial charge in [-0.1, -0.05) is 0 Å². The van der Waals surface area contributed by atoms with Crippen molar-refractivity contribution in [2.75, 3.05) is 0 Å². The summed E-state index contributed by atoms with van der Waals surface area (Å²) in [6.07, 6.45) is 1.07. The first kappa shape index (κ1) is 15.4. The Kier molecular flexibility index (Phi) is 3.98. The molecule has 5 nitrogen and oxygen atoms in total. The van der Waals surface area contributed by atoms with Gasteiger partial charge in [-0.15, -0.1) is 0 Å². The third-order valence-corrected chi connectivity index (χ3v) is 3.77. The van der Waals surface area contributed by atoms with Crippen LogP contribution in [0.25, 0.3) is 10.9 Å². The monoisotopic (exact) mass is 316 g/mol. The van der Waals surface area contributed by atoms with Gasteiger partial charge in [0.25, 0.3) is 5.91 Å². The Hall–Kier alpha value is -2.50. The van der Waals surface area contributed by atoms with Crippen molar-refractivity contribution >= 4 is 22.8 Å². The number of fused-ring (bicyclic) bond motifs is 1. The molecule has 0 aliphatic heterocycles. The fourth-order valence-electron chi connectivity index (χ4n) is 2.27. The summed E-state index contributed by atoms with van der Waals surface area (Å²) in [5.41, 5.74) is 1.18. The Morgan fingerprint density at radius 1 is 1.35 bits per heavy atom. The van der Waals surface area contributed by atoms with Gasteiger partial charge in [-0.25, -0.2) is 9.18 Å². The highest BCUT2D eigenvalue weighted by Crippen LogP contribution is 2.20. The van der Waals surface area contributed by atoms with E-state index in [0.29, 0.717) is 16.6 Å². The van der Waals surface area contributed by atoms with Gasteiger partial charge >= 0.3 is 5.97 Å². The molecule has 6 heteroatoms. The van der Waals surface area contributed by atoms with Gasteiger partial charge in [0, 0.05) is 17.5 Å². The molecule has 1 aliphatic carbocycles. The lowest BCUT2D eigenvalue weighted by Crippen LogP contribution is -2.37. The van der Waals surface area contributed by atoms with E-state index in [1.54, 1.807) is 19.1 Å². The normalized spacial score (nSPS) is 15.3. The fraction of sp³-hybridized carbons (Fsp3) is 0.353. The number of halogens is 1. The number of esters is 1. The highest BCUT2D eigenvalue weighted by atomic mass is 19.1. The standard InChI is InChI=1S/C17H17FN2O3/c1-9-14(7-11-3-4-12(18)8-15(11)19-9)17(22)23-10(2)16(21)20-13-5-6-13/h3-4,7-8,10,13H,5-6H2,1-2H3,(H,20,21)/t10-/m1/s1. The zero-order valence-corrected chi connectivity index (χ0v) is 12.9. The van der Waals surface area contributed by atoms with Crippen molar-refractivity contribution in [1.82, 2.24) is 10.3 Å². The van der Waals surface area contributed by atoms with E-state index < -0.39 is 12.1 Å². The van der Waals surface area contributed by atoms with Crippen LogP contribution in [0.3, 0.4) is 0 Å². The van der Waals surface area contributed by atoms with E-state index in [9.17, 15) is 14.0 Å². The number of aryl methyl sites for hydroxylation is 1. The summed E-state index contributed by atoms with van der Waals surface area (Å²) in [5, 5.41) is 3.43. The van der Waals surface area contributed by atoms with E-state index in [4.69, 9.17) is 4.74 Å². The Labute approximate surface area is 132 Å². The highest BCUT2D eigenvalue weighted by molar-refractivity contribution is 5.96. The van der Waals surface area contributed by atoms with Crippen LogP contribution in [0.5, 0.6) is 0 Å². The molecule has 23 heavy (non-hydrogen) atoms. The number of aromatic nitrogens is 1. The number of rotatable bonds is 4. The van der Waals surface area contributed by atoms with Gasteiger partial charge in [-0.3, -0.25) is 9.78 Å². The molecular formula is C17H17FN2O3. The van der Waals surface area contributed by atoms with Crippen molar-refractivity contribution in [2.24, 2.45) is 0 Å². The number of nitrogens with zero attached hydrogens (tertiary/aromatic N) is 1. The lowest BCUT2D eigenvalue weighted by atomic mass is 10.1. The third-order valence-electron chi connectivity index (χ3n) is 3.77. The molecule has 120 valence electrons. The Balaban J connectivity index is 1.78. The maximum atomic E-state index is 13.2. The van der Waals surface area contributed by atoms with Crippen molar-refractivity contribution in [3.63, 3.8) is 0 Å². The topological polar surface area (TPSA) is 68.3 Å². The first-order valence-corrected chi connectivity index (χ1v) is 7.52. The molecule has 0 saturated heterocycles. The molecule has 0 radical (unpaired) electrons. The first-order valence-electron chi connectivity index (χ1n) is 7.52. The highest BCUT2D eigenvalue weighted by Gasteiger charge is 2.27. The number of hydrogen-bond acceptors (Lipinski definition) is 4. The third kappa shape index (κ3) is 3.47. The zero-order chi connectivity index (χ0) is 16.6.